The predicted octanol–water partition coefficient (Wildman–Crippen LogP) is 1.75. The third kappa shape index (κ3) is 4.10. The molecule has 1 atom stereocenters. The molecule has 0 aromatic rings. The molecule has 0 saturated carbocycles. The molecular formula is C14H26N2O2S. The summed E-state index contributed by atoms with van der Waals surface area (Å²) < 4.78 is 0. The van der Waals surface area contributed by atoms with Crippen LogP contribution in [-0.4, -0.2) is 70.1 Å². The normalized spacial score (nSPS) is 27.8. The number of aliphatic carboxylic acids is 1. The molecule has 2 aliphatic rings. The third-order valence-electron chi connectivity index (χ3n) is 4.38. The topological polar surface area (TPSA) is 43.8 Å². The van der Waals surface area contributed by atoms with Gasteiger partial charge in [0, 0.05) is 36.2 Å². The molecule has 0 aromatic heterocycles. The van der Waals surface area contributed by atoms with Crippen molar-refractivity contribution in [1.82, 2.24) is 9.80 Å². The first-order valence-corrected chi connectivity index (χ1v) is 8.52. The summed E-state index contributed by atoms with van der Waals surface area (Å²) >= 11 is 1.90. The average molecular weight is 286 g/mol. The number of thioether (sulfide) groups is 1. The molecule has 1 unspecified atom stereocenters. The Morgan fingerprint density at radius 2 is 2.00 bits per heavy atom. The van der Waals surface area contributed by atoms with Crippen LogP contribution in [0.1, 0.15) is 33.1 Å². The molecule has 19 heavy (non-hydrogen) atoms. The zero-order valence-electron chi connectivity index (χ0n) is 12.0. The Hall–Kier alpha value is -0.260. The summed E-state index contributed by atoms with van der Waals surface area (Å²) in [4.78, 5) is 16.0. The Morgan fingerprint density at radius 1 is 1.32 bits per heavy atom. The highest BCUT2D eigenvalue weighted by molar-refractivity contribution is 7.99. The van der Waals surface area contributed by atoms with Crippen molar-refractivity contribution in [2.24, 2.45) is 0 Å². The molecule has 2 fully saturated rings. The van der Waals surface area contributed by atoms with E-state index >= 15 is 0 Å². The first-order chi connectivity index (χ1) is 9.08. The molecule has 0 aromatic carbocycles. The van der Waals surface area contributed by atoms with Gasteiger partial charge >= 0.3 is 5.97 Å². The van der Waals surface area contributed by atoms with Crippen molar-refractivity contribution in [2.45, 2.75) is 51.2 Å². The molecule has 0 radical (unpaired) electrons. The number of hydrogen-bond donors (Lipinski definition) is 1. The first-order valence-electron chi connectivity index (χ1n) is 7.37. The molecule has 2 rings (SSSR count). The third-order valence-corrected chi connectivity index (χ3v) is 5.47. The largest absolute Gasteiger partial charge is 0.481 e. The lowest BCUT2D eigenvalue weighted by molar-refractivity contribution is -0.138. The minimum absolute atomic E-state index is 0.242. The van der Waals surface area contributed by atoms with Crippen molar-refractivity contribution in [3.63, 3.8) is 0 Å². The van der Waals surface area contributed by atoms with Crippen LogP contribution in [0.4, 0.5) is 0 Å². The zero-order valence-corrected chi connectivity index (χ0v) is 12.9. The standard InChI is InChI=1S/C14H26N2O2S/c1-11(2)15-5-3-12(4-6-15)16-7-8-19-10-13(16)9-14(17)18/h11-13H,3-10H2,1-2H3,(H,17,18). The molecule has 0 bridgehead atoms. The molecule has 2 saturated heterocycles. The van der Waals surface area contributed by atoms with Crippen molar-refractivity contribution in [1.29, 1.82) is 0 Å². The van der Waals surface area contributed by atoms with Gasteiger partial charge in [-0.15, -0.1) is 0 Å². The van der Waals surface area contributed by atoms with E-state index in [1.54, 1.807) is 0 Å². The Morgan fingerprint density at radius 3 is 2.58 bits per heavy atom. The molecule has 4 nitrogen and oxygen atoms in total. The molecule has 0 amide bonds. The van der Waals surface area contributed by atoms with Crippen molar-refractivity contribution >= 4 is 17.7 Å². The van der Waals surface area contributed by atoms with Crippen molar-refractivity contribution in [3.8, 4) is 0 Å². The number of rotatable bonds is 4. The maximum atomic E-state index is 11.0. The Bertz CT molecular complexity index is 304. The van der Waals surface area contributed by atoms with Crippen LogP contribution in [0.25, 0.3) is 0 Å². The summed E-state index contributed by atoms with van der Waals surface area (Å²) in [7, 11) is 0. The number of carbonyl (C=O) groups is 1. The number of likely N-dealkylation sites (tertiary alicyclic amines) is 1. The molecule has 0 aliphatic carbocycles. The number of carboxylic acids is 1. The first kappa shape index (κ1) is 15.1. The minimum Gasteiger partial charge on any atom is -0.481 e. The number of piperidine rings is 1. The maximum Gasteiger partial charge on any atom is 0.304 e. The van der Waals surface area contributed by atoms with E-state index in [-0.39, 0.29) is 6.04 Å². The van der Waals surface area contributed by atoms with E-state index in [4.69, 9.17) is 5.11 Å². The quantitative estimate of drug-likeness (QED) is 0.853. The molecule has 0 spiro atoms. The van der Waals surface area contributed by atoms with Gasteiger partial charge in [0.1, 0.15) is 0 Å². The van der Waals surface area contributed by atoms with Gasteiger partial charge in [0.15, 0.2) is 0 Å². The predicted molar refractivity (Wildman–Crippen MR) is 79.8 cm³/mol. The second kappa shape index (κ2) is 6.95. The highest BCUT2D eigenvalue weighted by Gasteiger charge is 2.32. The van der Waals surface area contributed by atoms with Crippen LogP contribution in [0.15, 0.2) is 0 Å². The lowest BCUT2D eigenvalue weighted by Gasteiger charge is -2.44. The summed E-state index contributed by atoms with van der Waals surface area (Å²) in [5, 5.41) is 9.05. The highest BCUT2D eigenvalue weighted by atomic mass is 32.2. The van der Waals surface area contributed by atoms with Gasteiger partial charge in [0.25, 0.3) is 0 Å². The fraction of sp³-hybridized carbons (Fsp3) is 0.929. The zero-order chi connectivity index (χ0) is 13.8. The molecule has 110 valence electrons. The average Bonchev–Trinajstić information content (AvgIpc) is 2.39. The fourth-order valence-corrected chi connectivity index (χ4v) is 4.35. The number of hydrogen-bond acceptors (Lipinski definition) is 4. The Labute approximate surface area is 120 Å². The van der Waals surface area contributed by atoms with Gasteiger partial charge in [-0.3, -0.25) is 9.69 Å². The van der Waals surface area contributed by atoms with E-state index in [0.717, 1.165) is 31.1 Å². The molecule has 1 N–H and O–H groups in total. The molecule has 2 aliphatic heterocycles. The van der Waals surface area contributed by atoms with E-state index in [9.17, 15) is 4.79 Å². The van der Waals surface area contributed by atoms with Crippen LogP contribution in [0, 0.1) is 0 Å². The molecule has 5 heteroatoms. The molecular weight excluding hydrogens is 260 g/mol. The SMILES string of the molecule is CC(C)N1CCC(N2CCSCC2CC(=O)O)CC1. The van der Waals surface area contributed by atoms with Crippen LogP contribution in [-0.2, 0) is 4.79 Å². The van der Waals surface area contributed by atoms with Crippen LogP contribution >= 0.6 is 11.8 Å². The van der Waals surface area contributed by atoms with E-state index in [1.165, 1.54) is 12.8 Å². The van der Waals surface area contributed by atoms with E-state index in [1.807, 2.05) is 11.8 Å². The van der Waals surface area contributed by atoms with E-state index in [0.29, 0.717) is 18.5 Å². The van der Waals surface area contributed by atoms with E-state index < -0.39 is 5.97 Å². The molecule has 2 heterocycles. The van der Waals surface area contributed by atoms with Gasteiger partial charge in [-0.2, -0.15) is 11.8 Å². The lowest BCUT2D eigenvalue weighted by atomic mass is 9.99. The Kier molecular flexibility index (Phi) is 5.54. The maximum absolute atomic E-state index is 11.0. The monoisotopic (exact) mass is 286 g/mol. The van der Waals surface area contributed by atoms with Crippen molar-refractivity contribution < 1.29 is 9.90 Å². The summed E-state index contributed by atoms with van der Waals surface area (Å²) in [5.41, 5.74) is 0. The minimum atomic E-state index is -0.655. The highest BCUT2D eigenvalue weighted by Crippen LogP contribution is 2.26. The summed E-state index contributed by atoms with van der Waals surface area (Å²) in [6, 6.07) is 1.47. The van der Waals surface area contributed by atoms with Crippen molar-refractivity contribution in [3.05, 3.63) is 0 Å². The van der Waals surface area contributed by atoms with Crippen LogP contribution in [0.5, 0.6) is 0 Å². The second-order valence-electron chi connectivity index (χ2n) is 5.93. The van der Waals surface area contributed by atoms with Crippen LogP contribution < -0.4 is 0 Å². The number of carboxylic acid groups (broad SMARTS) is 1. The van der Waals surface area contributed by atoms with Gasteiger partial charge < -0.3 is 10.0 Å². The lowest BCUT2D eigenvalue weighted by Crippen LogP contribution is -2.53. The van der Waals surface area contributed by atoms with Crippen molar-refractivity contribution in [2.75, 3.05) is 31.1 Å². The summed E-state index contributed by atoms with van der Waals surface area (Å²) in [6.45, 7) is 7.89. The smallest absolute Gasteiger partial charge is 0.304 e. The summed E-state index contributed by atoms with van der Waals surface area (Å²) in [5.74, 6) is 1.48. The van der Waals surface area contributed by atoms with E-state index in [2.05, 4.69) is 23.6 Å². The number of nitrogens with zero attached hydrogens (tertiary/aromatic N) is 2. The van der Waals surface area contributed by atoms with Gasteiger partial charge in [-0.1, -0.05) is 0 Å². The van der Waals surface area contributed by atoms with Gasteiger partial charge in [-0.25, -0.2) is 0 Å². The summed E-state index contributed by atoms with van der Waals surface area (Å²) in [6.07, 6.45) is 2.69. The van der Waals surface area contributed by atoms with Gasteiger partial charge in [0.2, 0.25) is 0 Å². The van der Waals surface area contributed by atoms with Gasteiger partial charge in [0.05, 0.1) is 6.42 Å². The fourth-order valence-electron chi connectivity index (χ4n) is 3.26. The second-order valence-corrected chi connectivity index (χ2v) is 7.08. The van der Waals surface area contributed by atoms with Crippen LogP contribution in [0.3, 0.4) is 0 Å². The van der Waals surface area contributed by atoms with Gasteiger partial charge in [-0.05, 0) is 39.8 Å². The Balaban J connectivity index is 1.90. The van der Waals surface area contributed by atoms with Crippen LogP contribution in [0.2, 0.25) is 0 Å².